The van der Waals surface area contributed by atoms with Crippen LogP contribution in [-0.2, 0) is 4.79 Å². The molecule has 1 N–H and O–H groups in total. The van der Waals surface area contributed by atoms with Gasteiger partial charge in [-0.1, -0.05) is 18.2 Å². The maximum absolute atomic E-state index is 12.4. The van der Waals surface area contributed by atoms with Crippen LogP contribution in [0.4, 0.5) is 0 Å². The fourth-order valence-electron chi connectivity index (χ4n) is 2.08. The van der Waals surface area contributed by atoms with E-state index in [4.69, 9.17) is 5.11 Å². The van der Waals surface area contributed by atoms with E-state index in [9.17, 15) is 9.59 Å². The fraction of sp³-hybridized carbons (Fsp3) is 0.231. The molecule has 0 spiro atoms. The molecule has 0 bridgehead atoms. The van der Waals surface area contributed by atoms with Gasteiger partial charge in [-0.3, -0.25) is 4.79 Å². The number of nitrogens with zero attached hydrogens (tertiary/aromatic N) is 1. The highest BCUT2D eigenvalue weighted by Gasteiger charge is 2.35. The molecule has 1 fully saturated rings. The van der Waals surface area contributed by atoms with Crippen LogP contribution in [0.1, 0.15) is 9.67 Å². The van der Waals surface area contributed by atoms with Gasteiger partial charge in [-0.15, -0.1) is 23.1 Å². The highest BCUT2D eigenvalue weighted by atomic mass is 32.2. The minimum Gasteiger partial charge on any atom is -0.480 e. The number of hydrogen-bond acceptors (Lipinski definition) is 4. The van der Waals surface area contributed by atoms with E-state index >= 15 is 0 Å². The van der Waals surface area contributed by atoms with Crippen LogP contribution in [0.5, 0.6) is 0 Å². The molecule has 3 rings (SSSR count). The minimum atomic E-state index is -0.931. The van der Waals surface area contributed by atoms with Gasteiger partial charge < -0.3 is 10.0 Å². The molecule has 1 aromatic heterocycles. The van der Waals surface area contributed by atoms with Gasteiger partial charge in [-0.25, -0.2) is 4.79 Å². The number of aliphatic carboxylic acids is 1. The second kappa shape index (κ2) is 4.86. The summed E-state index contributed by atoms with van der Waals surface area (Å²) in [7, 11) is 0. The van der Waals surface area contributed by atoms with Crippen molar-refractivity contribution in [3.05, 3.63) is 35.2 Å². The lowest BCUT2D eigenvalue weighted by Gasteiger charge is -2.19. The van der Waals surface area contributed by atoms with Gasteiger partial charge in [-0.2, -0.15) is 0 Å². The van der Waals surface area contributed by atoms with Crippen LogP contribution in [0.2, 0.25) is 0 Å². The lowest BCUT2D eigenvalue weighted by Crippen LogP contribution is -2.41. The van der Waals surface area contributed by atoms with Gasteiger partial charge >= 0.3 is 5.97 Å². The van der Waals surface area contributed by atoms with Crippen molar-refractivity contribution in [2.45, 2.75) is 6.04 Å². The normalized spacial score (nSPS) is 18.9. The van der Waals surface area contributed by atoms with Crippen molar-refractivity contribution >= 4 is 45.1 Å². The molecule has 1 aliphatic rings. The zero-order valence-electron chi connectivity index (χ0n) is 9.91. The lowest BCUT2D eigenvalue weighted by molar-refractivity contribution is -0.140. The molecule has 1 unspecified atom stereocenters. The van der Waals surface area contributed by atoms with Gasteiger partial charge in [-0.05, 0) is 17.5 Å². The summed E-state index contributed by atoms with van der Waals surface area (Å²) >= 11 is 2.89. The minimum absolute atomic E-state index is 0.182. The Morgan fingerprint density at radius 2 is 2.11 bits per heavy atom. The number of carbonyl (C=O) groups is 2. The summed E-state index contributed by atoms with van der Waals surface area (Å²) in [5.41, 5.74) is 0. The van der Waals surface area contributed by atoms with Crippen LogP contribution in [0.3, 0.4) is 0 Å². The van der Waals surface area contributed by atoms with Crippen molar-refractivity contribution in [2.24, 2.45) is 0 Å². The average Bonchev–Trinajstić information content (AvgIpc) is 3.04. The SMILES string of the molecule is O=C(O)C1CSCN1C(=O)c1cc2ccccc2s1. The fourth-order valence-corrected chi connectivity index (χ4v) is 4.24. The number of carbonyl (C=O) groups excluding carboxylic acids is 1. The van der Waals surface area contributed by atoms with Crippen molar-refractivity contribution in [1.82, 2.24) is 4.90 Å². The third-order valence-corrected chi connectivity index (χ3v) is 5.18. The first-order chi connectivity index (χ1) is 9.16. The van der Waals surface area contributed by atoms with E-state index in [2.05, 4.69) is 0 Å². The number of benzene rings is 1. The molecule has 0 saturated carbocycles. The number of thiophene rings is 1. The van der Waals surface area contributed by atoms with Gasteiger partial charge in [0.1, 0.15) is 6.04 Å². The van der Waals surface area contributed by atoms with Gasteiger partial charge in [0.25, 0.3) is 5.91 Å². The molecule has 2 heterocycles. The van der Waals surface area contributed by atoms with Gasteiger partial charge in [0, 0.05) is 10.5 Å². The number of carboxylic acids is 1. The predicted molar refractivity (Wildman–Crippen MR) is 76.7 cm³/mol. The van der Waals surface area contributed by atoms with E-state index in [0.29, 0.717) is 16.5 Å². The second-order valence-electron chi connectivity index (χ2n) is 4.28. The zero-order valence-corrected chi connectivity index (χ0v) is 11.5. The van der Waals surface area contributed by atoms with Crippen molar-refractivity contribution in [1.29, 1.82) is 0 Å². The topological polar surface area (TPSA) is 57.6 Å². The molecule has 6 heteroatoms. The van der Waals surface area contributed by atoms with Crippen LogP contribution in [0, 0.1) is 0 Å². The van der Waals surface area contributed by atoms with Crippen molar-refractivity contribution in [2.75, 3.05) is 11.6 Å². The Kier molecular flexibility index (Phi) is 3.20. The number of amides is 1. The van der Waals surface area contributed by atoms with Crippen LogP contribution in [0.15, 0.2) is 30.3 Å². The first-order valence-corrected chi connectivity index (χ1v) is 7.74. The standard InChI is InChI=1S/C13H11NO3S2/c15-12(14-7-18-6-9(14)13(16)17)11-5-8-3-1-2-4-10(8)19-11/h1-5,9H,6-7H2,(H,16,17). The summed E-state index contributed by atoms with van der Waals surface area (Å²) in [6.45, 7) is 0. The van der Waals surface area contributed by atoms with Crippen LogP contribution in [0.25, 0.3) is 10.1 Å². The average molecular weight is 293 g/mol. The summed E-state index contributed by atoms with van der Waals surface area (Å²) in [6.07, 6.45) is 0. The Labute approximate surface area is 118 Å². The van der Waals surface area contributed by atoms with Gasteiger partial charge in [0.05, 0.1) is 10.8 Å². The molecule has 0 radical (unpaired) electrons. The number of thioether (sulfide) groups is 1. The number of hydrogen-bond donors (Lipinski definition) is 1. The Hall–Kier alpha value is -1.53. The molecule has 1 aliphatic heterocycles. The largest absolute Gasteiger partial charge is 0.480 e. The maximum atomic E-state index is 12.4. The Balaban J connectivity index is 1.93. The van der Waals surface area contributed by atoms with Crippen molar-refractivity contribution < 1.29 is 14.7 Å². The predicted octanol–water partition coefficient (Wildman–Crippen LogP) is 2.50. The second-order valence-corrected chi connectivity index (χ2v) is 6.36. The molecule has 98 valence electrons. The highest BCUT2D eigenvalue weighted by molar-refractivity contribution is 7.99. The molecular formula is C13H11NO3S2. The molecule has 1 amide bonds. The first-order valence-electron chi connectivity index (χ1n) is 5.77. The van der Waals surface area contributed by atoms with Crippen LogP contribution >= 0.6 is 23.1 Å². The summed E-state index contributed by atoms with van der Waals surface area (Å²) in [4.78, 5) is 25.6. The van der Waals surface area contributed by atoms with Crippen LogP contribution in [-0.4, -0.2) is 39.6 Å². The molecule has 0 aliphatic carbocycles. The quantitative estimate of drug-likeness (QED) is 0.924. The number of fused-ring (bicyclic) bond motifs is 1. The first kappa shape index (κ1) is 12.5. The molecule has 2 aromatic rings. The molecule has 1 aromatic carbocycles. The molecule has 1 saturated heterocycles. The highest BCUT2D eigenvalue weighted by Crippen LogP contribution is 2.29. The summed E-state index contributed by atoms with van der Waals surface area (Å²) in [6, 6.07) is 8.90. The van der Waals surface area contributed by atoms with E-state index in [-0.39, 0.29) is 5.91 Å². The summed E-state index contributed by atoms with van der Waals surface area (Å²) in [5, 5.41) is 10.1. The molecule has 19 heavy (non-hydrogen) atoms. The summed E-state index contributed by atoms with van der Waals surface area (Å²) < 4.78 is 1.05. The van der Waals surface area contributed by atoms with Crippen LogP contribution < -0.4 is 0 Å². The van der Waals surface area contributed by atoms with E-state index in [1.807, 2.05) is 30.3 Å². The number of carboxylic acid groups (broad SMARTS) is 1. The lowest BCUT2D eigenvalue weighted by atomic mass is 10.2. The summed E-state index contributed by atoms with van der Waals surface area (Å²) in [5.74, 6) is -0.200. The smallest absolute Gasteiger partial charge is 0.327 e. The molecule has 4 nitrogen and oxygen atoms in total. The third kappa shape index (κ3) is 2.21. The zero-order chi connectivity index (χ0) is 13.4. The molecular weight excluding hydrogens is 282 g/mol. The van der Waals surface area contributed by atoms with E-state index < -0.39 is 12.0 Å². The van der Waals surface area contributed by atoms with Crippen molar-refractivity contribution in [3.8, 4) is 0 Å². The van der Waals surface area contributed by atoms with Crippen molar-refractivity contribution in [3.63, 3.8) is 0 Å². The Bertz CT molecular complexity index is 619. The van der Waals surface area contributed by atoms with E-state index in [0.717, 1.165) is 10.1 Å². The maximum Gasteiger partial charge on any atom is 0.327 e. The van der Waals surface area contributed by atoms with E-state index in [1.165, 1.54) is 28.0 Å². The van der Waals surface area contributed by atoms with E-state index in [1.54, 1.807) is 0 Å². The number of rotatable bonds is 2. The van der Waals surface area contributed by atoms with Gasteiger partial charge in [0.2, 0.25) is 0 Å². The Morgan fingerprint density at radius 3 is 2.84 bits per heavy atom. The molecule has 1 atom stereocenters. The monoisotopic (exact) mass is 293 g/mol. The third-order valence-electron chi connectivity index (χ3n) is 3.06. The van der Waals surface area contributed by atoms with Gasteiger partial charge in [0.15, 0.2) is 0 Å². The Morgan fingerprint density at radius 1 is 1.32 bits per heavy atom.